The summed E-state index contributed by atoms with van der Waals surface area (Å²) >= 11 is 1.72. The van der Waals surface area contributed by atoms with Gasteiger partial charge in [-0.25, -0.2) is 0 Å². The van der Waals surface area contributed by atoms with Crippen molar-refractivity contribution in [3.05, 3.63) is 34.3 Å². The highest BCUT2D eigenvalue weighted by Gasteiger charge is 2.12. The van der Waals surface area contributed by atoms with E-state index in [1.807, 2.05) is 20.0 Å². The second-order valence-electron chi connectivity index (χ2n) is 3.63. The monoisotopic (exact) mass is 216 g/mol. The van der Waals surface area contributed by atoms with Crippen LogP contribution in [0.2, 0.25) is 0 Å². The molecule has 2 aromatic heterocycles. The van der Waals surface area contributed by atoms with Crippen LogP contribution in [0.5, 0.6) is 0 Å². The summed E-state index contributed by atoms with van der Waals surface area (Å²) in [5, 5.41) is 11.0. The van der Waals surface area contributed by atoms with E-state index in [1.54, 1.807) is 11.3 Å². The molecular weight excluding hydrogens is 204 g/mol. The summed E-state index contributed by atoms with van der Waals surface area (Å²) in [6.07, 6.45) is 0. The second kappa shape index (κ2) is 3.56. The van der Waals surface area contributed by atoms with Gasteiger partial charge in [-0.15, -0.1) is 11.3 Å². The number of nitriles is 1. The van der Waals surface area contributed by atoms with Crippen LogP contribution in [0.15, 0.2) is 17.5 Å². The zero-order valence-corrected chi connectivity index (χ0v) is 9.85. The maximum atomic E-state index is 8.96. The highest BCUT2D eigenvalue weighted by molar-refractivity contribution is 7.13. The van der Waals surface area contributed by atoms with Crippen LogP contribution >= 0.6 is 11.3 Å². The molecule has 0 atom stereocenters. The van der Waals surface area contributed by atoms with Gasteiger partial charge in [0.15, 0.2) is 0 Å². The summed E-state index contributed by atoms with van der Waals surface area (Å²) in [6.45, 7) is 4.07. The molecule has 76 valence electrons. The predicted octanol–water partition coefficient (Wildman–Crippen LogP) is 3.24. The summed E-state index contributed by atoms with van der Waals surface area (Å²) in [7, 11) is 2.00. The highest BCUT2D eigenvalue weighted by Crippen LogP contribution is 2.31. The Bertz CT molecular complexity index is 540. The molecule has 2 aromatic rings. The zero-order valence-electron chi connectivity index (χ0n) is 9.03. The summed E-state index contributed by atoms with van der Waals surface area (Å²) in [4.78, 5) is 1.25. The van der Waals surface area contributed by atoms with Gasteiger partial charge in [-0.05, 0) is 36.9 Å². The third-order valence-corrected chi connectivity index (χ3v) is 3.79. The lowest BCUT2D eigenvalue weighted by molar-refractivity contribution is 0.890. The maximum Gasteiger partial charge on any atom is 0.101 e. The first-order chi connectivity index (χ1) is 7.15. The van der Waals surface area contributed by atoms with Crippen molar-refractivity contribution in [1.29, 1.82) is 5.26 Å². The van der Waals surface area contributed by atoms with Crippen LogP contribution in [0, 0.1) is 25.2 Å². The average Bonchev–Trinajstić information content (AvgIpc) is 2.74. The fraction of sp³-hybridized carbons (Fsp3) is 0.250. The Balaban J connectivity index is 2.66. The van der Waals surface area contributed by atoms with E-state index in [0.717, 1.165) is 17.0 Å². The molecule has 0 saturated carbocycles. The van der Waals surface area contributed by atoms with Crippen LogP contribution in [-0.4, -0.2) is 4.57 Å². The molecule has 0 aliphatic rings. The molecule has 0 aromatic carbocycles. The van der Waals surface area contributed by atoms with Crippen molar-refractivity contribution in [2.75, 3.05) is 0 Å². The summed E-state index contributed by atoms with van der Waals surface area (Å²) in [5.41, 5.74) is 4.20. The molecule has 2 heterocycles. The molecule has 0 unspecified atom stereocenters. The normalized spacial score (nSPS) is 10.3. The first kappa shape index (κ1) is 10.0. The van der Waals surface area contributed by atoms with Crippen molar-refractivity contribution in [2.45, 2.75) is 13.8 Å². The van der Waals surface area contributed by atoms with Gasteiger partial charge in [0.25, 0.3) is 0 Å². The molecule has 0 fully saturated rings. The Hall–Kier alpha value is -1.53. The summed E-state index contributed by atoms with van der Waals surface area (Å²) in [5.74, 6) is 0. The van der Waals surface area contributed by atoms with Gasteiger partial charge >= 0.3 is 0 Å². The lowest BCUT2D eigenvalue weighted by Gasteiger charge is -2.03. The molecule has 0 aliphatic carbocycles. The topological polar surface area (TPSA) is 28.7 Å². The smallest absolute Gasteiger partial charge is 0.101 e. The molecule has 0 bridgehead atoms. The Morgan fingerprint density at radius 2 is 2.13 bits per heavy atom. The molecule has 0 radical (unpaired) electrons. The molecule has 0 N–H and O–H groups in total. The van der Waals surface area contributed by atoms with E-state index in [9.17, 15) is 0 Å². The maximum absolute atomic E-state index is 8.96. The van der Waals surface area contributed by atoms with Crippen molar-refractivity contribution in [3.63, 3.8) is 0 Å². The van der Waals surface area contributed by atoms with E-state index >= 15 is 0 Å². The van der Waals surface area contributed by atoms with E-state index < -0.39 is 0 Å². The van der Waals surface area contributed by atoms with Gasteiger partial charge in [0.05, 0.1) is 16.1 Å². The average molecular weight is 216 g/mol. The van der Waals surface area contributed by atoms with E-state index in [4.69, 9.17) is 5.26 Å². The Morgan fingerprint density at radius 3 is 2.60 bits per heavy atom. The van der Waals surface area contributed by atoms with Gasteiger partial charge in [-0.1, -0.05) is 0 Å². The van der Waals surface area contributed by atoms with E-state index in [1.165, 1.54) is 10.4 Å². The van der Waals surface area contributed by atoms with E-state index in [0.29, 0.717) is 0 Å². The molecule has 3 heteroatoms. The van der Waals surface area contributed by atoms with Crippen molar-refractivity contribution >= 4 is 11.3 Å². The fourth-order valence-electron chi connectivity index (χ4n) is 1.67. The van der Waals surface area contributed by atoms with E-state index in [-0.39, 0.29) is 0 Å². The quantitative estimate of drug-likeness (QED) is 0.719. The third-order valence-electron chi connectivity index (χ3n) is 2.75. The lowest BCUT2D eigenvalue weighted by Crippen LogP contribution is -1.93. The number of thiophene rings is 1. The first-order valence-electron chi connectivity index (χ1n) is 4.76. The molecule has 15 heavy (non-hydrogen) atoms. The minimum absolute atomic E-state index is 0.764. The van der Waals surface area contributed by atoms with Gasteiger partial charge in [0.2, 0.25) is 0 Å². The van der Waals surface area contributed by atoms with Gasteiger partial charge in [0.1, 0.15) is 6.07 Å². The van der Waals surface area contributed by atoms with Crippen molar-refractivity contribution < 1.29 is 0 Å². The van der Waals surface area contributed by atoms with Crippen molar-refractivity contribution in [2.24, 2.45) is 7.05 Å². The Labute approximate surface area is 93.4 Å². The van der Waals surface area contributed by atoms with Crippen LogP contribution in [0.4, 0.5) is 0 Å². The Morgan fingerprint density at radius 1 is 1.40 bits per heavy atom. The molecule has 0 aliphatic heterocycles. The number of aromatic nitrogens is 1. The number of aryl methyl sites for hydroxylation is 1. The van der Waals surface area contributed by atoms with Gasteiger partial charge in [0, 0.05) is 12.7 Å². The number of rotatable bonds is 1. The van der Waals surface area contributed by atoms with Crippen molar-refractivity contribution in [1.82, 2.24) is 4.57 Å². The van der Waals surface area contributed by atoms with Crippen molar-refractivity contribution in [3.8, 4) is 16.6 Å². The van der Waals surface area contributed by atoms with Gasteiger partial charge in [-0.3, -0.25) is 0 Å². The van der Waals surface area contributed by atoms with Crippen LogP contribution in [-0.2, 0) is 7.05 Å². The zero-order chi connectivity index (χ0) is 11.0. The minimum Gasteiger partial charge on any atom is -0.346 e. The molecule has 2 nitrogen and oxygen atoms in total. The molecule has 2 rings (SSSR count). The predicted molar refractivity (Wildman–Crippen MR) is 62.9 cm³/mol. The van der Waals surface area contributed by atoms with Gasteiger partial charge < -0.3 is 4.57 Å². The third kappa shape index (κ3) is 1.47. The summed E-state index contributed by atoms with van der Waals surface area (Å²) < 4.78 is 2.08. The molecule has 0 amide bonds. The SMILES string of the molecule is Cc1ccsc1-c1cc(C#N)c(C)n1C. The lowest BCUT2D eigenvalue weighted by atomic mass is 10.2. The number of hydrogen-bond acceptors (Lipinski definition) is 2. The van der Waals surface area contributed by atoms with Crippen LogP contribution in [0.1, 0.15) is 16.8 Å². The Kier molecular flexibility index (Phi) is 2.37. The highest BCUT2D eigenvalue weighted by atomic mass is 32.1. The van der Waals surface area contributed by atoms with Crippen LogP contribution in [0.25, 0.3) is 10.6 Å². The summed E-state index contributed by atoms with van der Waals surface area (Å²) in [6, 6.07) is 6.29. The first-order valence-corrected chi connectivity index (χ1v) is 5.64. The van der Waals surface area contributed by atoms with Crippen LogP contribution in [0.3, 0.4) is 0 Å². The molecule has 0 spiro atoms. The van der Waals surface area contributed by atoms with Crippen LogP contribution < -0.4 is 0 Å². The fourth-order valence-corrected chi connectivity index (χ4v) is 2.64. The molecule has 0 saturated heterocycles. The number of hydrogen-bond donors (Lipinski definition) is 0. The van der Waals surface area contributed by atoms with Gasteiger partial charge in [-0.2, -0.15) is 5.26 Å². The standard InChI is InChI=1S/C12H12N2S/c1-8-4-5-15-12(8)11-6-10(7-13)9(2)14(11)3/h4-6H,1-3H3. The number of nitrogens with zero attached hydrogens (tertiary/aromatic N) is 2. The van der Waals surface area contributed by atoms with E-state index in [2.05, 4.69) is 29.0 Å². The molecular formula is C12H12N2S. The minimum atomic E-state index is 0.764. The largest absolute Gasteiger partial charge is 0.346 e. The second-order valence-corrected chi connectivity index (χ2v) is 4.55.